The number of pyridine rings is 2. The van der Waals surface area contributed by atoms with Crippen molar-refractivity contribution in [3.8, 4) is 11.3 Å². The van der Waals surface area contributed by atoms with Gasteiger partial charge in [-0.15, -0.1) is 0 Å². The van der Waals surface area contributed by atoms with Gasteiger partial charge in [0.05, 0.1) is 30.7 Å². The van der Waals surface area contributed by atoms with Gasteiger partial charge in [-0.3, -0.25) is 9.78 Å². The van der Waals surface area contributed by atoms with E-state index in [9.17, 15) is 32.3 Å². The zero-order valence-corrected chi connectivity index (χ0v) is 22.3. The number of carboxylic acids is 1. The van der Waals surface area contributed by atoms with E-state index in [0.29, 0.717) is 32.0 Å². The van der Waals surface area contributed by atoms with Crippen molar-refractivity contribution in [1.82, 2.24) is 19.7 Å². The van der Waals surface area contributed by atoms with Crippen LogP contribution in [-0.2, 0) is 22.1 Å². The lowest BCUT2D eigenvalue weighted by atomic mass is 10.0. The van der Waals surface area contributed by atoms with Crippen LogP contribution >= 0.6 is 0 Å². The molecular formula is C28H23F6N5O4. The Morgan fingerprint density at radius 3 is 2.51 bits per heavy atom. The summed E-state index contributed by atoms with van der Waals surface area (Å²) in [6.07, 6.45) is -2.16. The lowest BCUT2D eigenvalue weighted by molar-refractivity contribution is -0.139. The van der Waals surface area contributed by atoms with Gasteiger partial charge in [0, 0.05) is 48.3 Å². The smallest absolute Gasteiger partial charge is 0.418 e. The number of hydrogen-bond donors (Lipinski definition) is 2. The Morgan fingerprint density at radius 2 is 1.86 bits per heavy atom. The first-order valence-electron chi connectivity index (χ1n) is 12.9. The molecule has 43 heavy (non-hydrogen) atoms. The molecule has 1 aromatic carbocycles. The van der Waals surface area contributed by atoms with Crippen molar-refractivity contribution >= 4 is 23.2 Å². The summed E-state index contributed by atoms with van der Waals surface area (Å²) in [5.74, 6) is -6.42. The number of halogens is 6. The molecular weight excluding hydrogens is 584 g/mol. The number of amides is 1. The van der Waals surface area contributed by atoms with E-state index in [1.807, 2.05) is 6.92 Å². The quantitative estimate of drug-likeness (QED) is 0.298. The number of imidazole rings is 1. The predicted octanol–water partition coefficient (Wildman–Crippen LogP) is 4.48. The third kappa shape index (κ3) is 5.98. The first-order valence-corrected chi connectivity index (χ1v) is 12.9. The van der Waals surface area contributed by atoms with Gasteiger partial charge in [0.25, 0.3) is 5.91 Å². The van der Waals surface area contributed by atoms with Crippen LogP contribution in [-0.4, -0.2) is 63.2 Å². The van der Waals surface area contributed by atoms with Gasteiger partial charge in [0.1, 0.15) is 34.7 Å². The molecule has 226 valence electrons. The number of aliphatic carboxylic acids is 1. The second-order valence-electron chi connectivity index (χ2n) is 9.88. The third-order valence-corrected chi connectivity index (χ3v) is 7.02. The van der Waals surface area contributed by atoms with Crippen LogP contribution in [0.15, 0.2) is 48.9 Å². The summed E-state index contributed by atoms with van der Waals surface area (Å²) in [5, 5.41) is 11.9. The number of morpholine rings is 1. The van der Waals surface area contributed by atoms with Crippen LogP contribution in [0.5, 0.6) is 0 Å². The number of hydrogen-bond acceptors (Lipinski definition) is 6. The minimum atomic E-state index is -4.94. The van der Waals surface area contributed by atoms with Gasteiger partial charge in [-0.2, -0.15) is 13.2 Å². The number of nitrogens with one attached hydrogen (secondary N) is 1. The molecule has 3 aromatic heterocycles. The van der Waals surface area contributed by atoms with Crippen LogP contribution in [0.4, 0.5) is 32.0 Å². The van der Waals surface area contributed by atoms with Crippen LogP contribution in [0.3, 0.4) is 0 Å². The Kier molecular flexibility index (Phi) is 8.01. The summed E-state index contributed by atoms with van der Waals surface area (Å²) < 4.78 is 91.1. The summed E-state index contributed by atoms with van der Waals surface area (Å²) in [6, 6.07) is 2.91. The van der Waals surface area contributed by atoms with Crippen molar-refractivity contribution in [1.29, 1.82) is 0 Å². The van der Waals surface area contributed by atoms with Crippen LogP contribution in [0, 0.1) is 17.5 Å². The summed E-state index contributed by atoms with van der Waals surface area (Å²) in [4.78, 5) is 34.4. The zero-order valence-electron chi connectivity index (χ0n) is 22.3. The molecule has 1 aliphatic heterocycles. The summed E-state index contributed by atoms with van der Waals surface area (Å²) in [7, 11) is 0. The van der Waals surface area contributed by atoms with Crippen molar-refractivity contribution in [2.24, 2.45) is 0 Å². The van der Waals surface area contributed by atoms with Gasteiger partial charge >= 0.3 is 12.1 Å². The Labute approximate surface area is 239 Å². The standard InChI is InChI=1S/C28H23F6N5O4/c1-14-13-43-7-6-38(14)17-9-20(30)23(21(31)10-17)26(40)37-22(27(41)42)11-16-2-3-18(25-35-4-5-39(16)25)24-19(28(32,33)34)8-15(29)12-36-24/h2-5,8-10,12,14,22H,6-7,11,13H2,1H3,(H,37,40)(H,41,42)/t14-,22-/m0/s1. The molecule has 2 atom stereocenters. The van der Waals surface area contributed by atoms with E-state index in [1.165, 1.54) is 28.9 Å². The first kappa shape index (κ1) is 29.8. The van der Waals surface area contributed by atoms with Crippen molar-refractivity contribution < 1.29 is 45.8 Å². The molecule has 0 radical (unpaired) electrons. The molecule has 0 spiro atoms. The highest BCUT2D eigenvalue weighted by molar-refractivity contribution is 5.97. The Morgan fingerprint density at radius 1 is 1.14 bits per heavy atom. The van der Waals surface area contributed by atoms with Crippen LogP contribution < -0.4 is 10.2 Å². The number of aromatic nitrogens is 3. The van der Waals surface area contributed by atoms with Gasteiger partial charge in [-0.25, -0.2) is 22.9 Å². The maximum Gasteiger partial charge on any atom is 0.418 e. The monoisotopic (exact) mass is 607 g/mol. The molecule has 0 aliphatic carbocycles. The average molecular weight is 608 g/mol. The average Bonchev–Trinajstić information content (AvgIpc) is 3.43. The van der Waals surface area contributed by atoms with Crippen LogP contribution in [0.1, 0.15) is 28.5 Å². The maximum atomic E-state index is 15.0. The maximum absolute atomic E-state index is 15.0. The number of carbonyl (C=O) groups is 2. The lowest BCUT2D eigenvalue weighted by Gasteiger charge is -2.35. The van der Waals surface area contributed by atoms with Gasteiger partial charge in [-0.1, -0.05) is 0 Å². The number of anilines is 1. The third-order valence-electron chi connectivity index (χ3n) is 7.02. The zero-order chi connectivity index (χ0) is 31.1. The molecule has 2 N–H and O–H groups in total. The lowest BCUT2D eigenvalue weighted by Crippen LogP contribution is -2.44. The van der Waals surface area contributed by atoms with E-state index in [4.69, 9.17) is 4.74 Å². The molecule has 4 heterocycles. The molecule has 5 rings (SSSR count). The SMILES string of the molecule is C[C@H]1COCCN1c1cc(F)c(C(=O)N[C@@H](Cc2ccc(-c3ncc(F)cc3C(F)(F)F)c3nccn23)C(=O)O)c(F)c1. The van der Waals surface area contributed by atoms with E-state index in [0.717, 1.165) is 12.1 Å². The van der Waals surface area contributed by atoms with E-state index in [2.05, 4.69) is 15.3 Å². The van der Waals surface area contributed by atoms with E-state index < -0.39 is 64.8 Å². The minimum Gasteiger partial charge on any atom is -0.480 e. The molecule has 15 heteroatoms. The van der Waals surface area contributed by atoms with E-state index >= 15 is 8.78 Å². The van der Waals surface area contributed by atoms with Crippen molar-refractivity contribution in [2.45, 2.75) is 31.6 Å². The molecule has 1 amide bonds. The van der Waals surface area contributed by atoms with Crippen LogP contribution in [0.25, 0.3) is 16.9 Å². The second kappa shape index (κ2) is 11.6. The fourth-order valence-corrected chi connectivity index (χ4v) is 4.98. The van der Waals surface area contributed by atoms with Crippen LogP contribution in [0.2, 0.25) is 0 Å². The number of carboxylic acid groups (broad SMARTS) is 1. The number of rotatable bonds is 7. The number of nitrogens with zero attached hydrogens (tertiary/aromatic N) is 4. The summed E-state index contributed by atoms with van der Waals surface area (Å²) in [6.45, 7) is 2.89. The van der Waals surface area contributed by atoms with Gasteiger partial charge in [0.15, 0.2) is 0 Å². The Balaban J connectivity index is 1.43. The molecule has 1 saturated heterocycles. The molecule has 0 unspecified atom stereocenters. The van der Waals surface area contributed by atoms with E-state index in [1.54, 1.807) is 4.90 Å². The fraction of sp³-hybridized carbons (Fsp3) is 0.286. The minimum absolute atomic E-state index is 0.0532. The number of fused-ring (bicyclic) bond motifs is 1. The summed E-state index contributed by atoms with van der Waals surface area (Å²) in [5.41, 5.74) is -2.69. The van der Waals surface area contributed by atoms with Crippen molar-refractivity contribution in [2.75, 3.05) is 24.7 Å². The Bertz CT molecular complexity index is 1690. The van der Waals surface area contributed by atoms with Gasteiger partial charge in [-0.05, 0) is 37.3 Å². The molecule has 1 aliphatic rings. The molecule has 9 nitrogen and oxygen atoms in total. The van der Waals surface area contributed by atoms with Crippen molar-refractivity contribution in [3.05, 3.63) is 83.2 Å². The highest BCUT2D eigenvalue weighted by atomic mass is 19.4. The molecule has 1 fully saturated rings. The largest absolute Gasteiger partial charge is 0.480 e. The van der Waals surface area contributed by atoms with Gasteiger partial charge < -0.3 is 24.5 Å². The second-order valence-corrected chi connectivity index (χ2v) is 9.88. The molecule has 0 bridgehead atoms. The predicted molar refractivity (Wildman–Crippen MR) is 140 cm³/mol. The van der Waals surface area contributed by atoms with E-state index in [-0.39, 0.29) is 28.6 Å². The number of benzene rings is 1. The highest BCUT2D eigenvalue weighted by Gasteiger charge is 2.36. The topological polar surface area (TPSA) is 109 Å². The van der Waals surface area contributed by atoms with Crippen molar-refractivity contribution in [3.63, 3.8) is 0 Å². The first-order chi connectivity index (χ1) is 20.3. The normalized spacial score (nSPS) is 16.3. The Hall–Kier alpha value is -4.66. The fourth-order valence-electron chi connectivity index (χ4n) is 4.98. The number of carbonyl (C=O) groups excluding carboxylic acids is 1. The highest BCUT2D eigenvalue weighted by Crippen LogP contribution is 2.37. The number of ether oxygens (including phenoxy) is 1. The van der Waals surface area contributed by atoms with Gasteiger partial charge in [0.2, 0.25) is 0 Å². The molecule has 4 aromatic rings. The number of alkyl halides is 3. The summed E-state index contributed by atoms with van der Waals surface area (Å²) >= 11 is 0. The molecule has 0 saturated carbocycles.